The summed E-state index contributed by atoms with van der Waals surface area (Å²) < 4.78 is 0. The molecule has 0 bridgehead atoms. The van der Waals surface area contributed by atoms with Crippen LogP contribution in [0.5, 0.6) is 0 Å². The van der Waals surface area contributed by atoms with E-state index in [9.17, 15) is 14.4 Å². The molecule has 2 unspecified atom stereocenters. The summed E-state index contributed by atoms with van der Waals surface area (Å²) in [5, 5.41) is 0.547. The Morgan fingerprint density at radius 3 is 2.71 bits per heavy atom. The van der Waals surface area contributed by atoms with Gasteiger partial charge in [0.05, 0.1) is 0 Å². The fourth-order valence-corrected chi connectivity index (χ4v) is 4.23. The minimum atomic E-state index is -0.777. The van der Waals surface area contributed by atoms with E-state index in [2.05, 4.69) is 0 Å². The lowest BCUT2D eigenvalue weighted by Gasteiger charge is -2.23. The van der Waals surface area contributed by atoms with E-state index < -0.39 is 11.6 Å². The molecule has 0 spiro atoms. The molecule has 6 nitrogen and oxygen atoms in total. The number of imide groups is 1. The Labute approximate surface area is 144 Å². The van der Waals surface area contributed by atoms with Gasteiger partial charge in [0.25, 0.3) is 5.91 Å². The number of hydrogen-bond donors (Lipinski definition) is 0. The highest BCUT2D eigenvalue weighted by atomic mass is 35.5. The zero-order chi connectivity index (χ0) is 17.1. The van der Waals surface area contributed by atoms with Crippen LogP contribution in [0.4, 0.5) is 10.5 Å². The van der Waals surface area contributed by atoms with Crippen molar-refractivity contribution in [3.8, 4) is 0 Å². The molecule has 3 fully saturated rings. The quantitative estimate of drug-likeness (QED) is 0.771. The van der Waals surface area contributed by atoms with Crippen LogP contribution in [0, 0.1) is 0 Å². The number of nitrogens with zero attached hydrogens (tertiary/aromatic N) is 3. The van der Waals surface area contributed by atoms with Crippen molar-refractivity contribution in [1.82, 2.24) is 9.80 Å². The fourth-order valence-electron chi connectivity index (χ4n) is 4.05. The van der Waals surface area contributed by atoms with Gasteiger partial charge in [-0.1, -0.05) is 17.7 Å². The van der Waals surface area contributed by atoms with Crippen molar-refractivity contribution in [3.63, 3.8) is 0 Å². The van der Waals surface area contributed by atoms with Gasteiger partial charge in [-0.3, -0.25) is 9.59 Å². The molecule has 1 aromatic carbocycles. The zero-order valence-corrected chi connectivity index (χ0v) is 14.1. The number of amides is 4. The molecule has 0 aliphatic carbocycles. The molecule has 7 heteroatoms. The number of anilines is 1. The van der Waals surface area contributed by atoms with E-state index >= 15 is 0 Å². The molecule has 3 heterocycles. The van der Waals surface area contributed by atoms with Crippen LogP contribution in [-0.4, -0.2) is 52.3 Å². The van der Waals surface area contributed by atoms with Crippen molar-refractivity contribution in [2.75, 3.05) is 18.0 Å². The second-order valence-electron chi connectivity index (χ2n) is 6.76. The molecule has 0 radical (unpaired) electrons. The molecule has 3 aliphatic heterocycles. The normalized spacial score (nSPS) is 29.8. The third-order valence-electron chi connectivity index (χ3n) is 5.37. The summed E-state index contributed by atoms with van der Waals surface area (Å²) in [6.45, 7) is 2.85. The molecule has 4 rings (SSSR count). The molecule has 3 saturated heterocycles. The first-order valence-corrected chi connectivity index (χ1v) is 8.53. The molecule has 0 aromatic heterocycles. The van der Waals surface area contributed by atoms with Crippen LogP contribution >= 0.6 is 11.6 Å². The van der Waals surface area contributed by atoms with Crippen molar-refractivity contribution in [3.05, 3.63) is 29.3 Å². The van der Waals surface area contributed by atoms with Crippen LogP contribution in [0.2, 0.25) is 5.02 Å². The van der Waals surface area contributed by atoms with Crippen LogP contribution < -0.4 is 4.90 Å². The Hall–Kier alpha value is -2.08. The number of hydrogen-bond acceptors (Lipinski definition) is 3. The maximum absolute atomic E-state index is 12.8. The molecule has 4 amide bonds. The van der Waals surface area contributed by atoms with Gasteiger partial charge in [-0.2, -0.15) is 0 Å². The van der Waals surface area contributed by atoms with Gasteiger partial charge in [0.1, 0.15) is 11.6 Å². The minimum Gasteiger partial charge on any atom is -0.310 e. The molecule has 0 N–H and O–H groups in total. The van der Waals surface area contributed by atoms with Gasteiger partial charge in [0.2, 0.25) is 5.91 Å². The predicted octanol–water partition coefficient (Wildman–Crippen LogP) is 2.26. The number of halogens is 1. The summed E-state index contributed by atoms with van der Waals surface area (Å²) >= 11 is 6.00. The second-order valence-corrected chi connectivity index (χ2v) is 7.20. The Balaban J connectivity index is 1.61. The highest BCUT2D eigenvalue weighted by molar-refractivity contribution is 6.31. The van der Waals surface area contributed by atoms with Crippen molar-refractivity contribution < 1.29 is 14.4 Å². The van der Waals surface area contributed by atoms with Gasteiger partial charge in [0.15, 0.2) is 0 Å². The summed E-state index contributed by atoms with van der Waals surface area (Å²) in [5.41, 5.74) is -0.0818. The number of rotatable bonds is 2. The van der Waals surface area contributed by atoms with E-state index in [1.165, 1.54) is 4.90 Å². The van der Waals surface area contributed by atoms with Crippen LogP contribution in [0.3, 0.4) is 0 Å². The molecular formula is C17H18ClN3O3. The third-order valence-corrected chi connectivity index (χ3v) is 5.60. The highest BCUT2D eigenvalue weighted by Gasteiger charge is 2.60. The second kappa shape index (κ2) is 5.21. The SMILES string of the molecule is CC12CCCN1C(=O)N(C1CCN(c3cccc(Cl)c3)C1=O)C2=O. The Kier molecular flexibility index (Phi) is 3.35. The lowest BCUT2D eigenvalue weighted by molar-refractivity contribution is -0.136. The number of carbonyl (C=O) groups excluding carboxylic acids is 3. The summed E-state index contributed by atoms with van der Waals surface area (Å²) in [7, 11) is 0. The lowest BCUT2D eigenvalue weighted by atomic mass is 9.99. The average Bonchev–Trinajstić information content (AvgIpc) is 3.16. The van der Waals surface area contributed by atoms with Crippen LogP contribution in [0.15, 0.2) is 24.3 Å². The van der Waals surface area contributed by atoms with E-state index in [1.54, 1.807) is 41.0 Å². The van der Waals surface area contributed by atoms with Crippen molar-refractivity contribution in [2.45, 2.75) is 37.8 Å². The Bertz CT molecular complexity index is 752. The molecule has 2 atom stereocenters. The molecular weight excluding hydrogens is 330 g/mol. The van der Waals surface area contributed by atoms with Crippen molar-refractivity contribution in [1.29, 1.82) is 0 Å². The summed E-state index contributed by atoms with van der Waals surface area (Å²) in [6.07, 6.45) is 1.94. The van der Waals surface area contributed by atoms with Gasteiger partial charge < -0.3 is 9.80 Å². The molecule has 1 aromatic rings. The third kappa shape index (κ3) is 1.99. The first-order chi connectivity index (χ1) is 11.4. The van der Waals surface area contributed by atoms with Crippen molar-refractivity contribution >= 4 is 35.1 Å². The summed E-state index contributed by atoms with van der Waals surface area (Å²) in [5.74, 6) is -0.458. The van der Waals surface area contributed by atoms with Crippen LogP contribution in [-0.2, 0) is 9.59 Å². The number of benzene rings is 1. The topological polar surface area (TPSA) is 60.9 Å². The average molecular weight is 348 g/mol. The van der Waals surface area contributed by atoms with E-state index in [0.29, 0.717) is 36.6 Å². The molecule has 126 valence electrons. The number of urea groups is 1. The largest absolute Gasteiger partial charge is 0.328 e. The Morgan fingerprint density at radius 1 is 1.21 bits per heavy atom. The van der Waals surface area contributed by atoms with E-state index in [0.717, 1.165) is 6.42 Å². The van der Waals surface area contributed by atoms with Gasteiger partial charge in [-0.25, -0.2) is 9.69 Å². The number of fused-ring (bicyclic) bond motifs is 1. The first-order valence-electron chi connectivity index (χ1n) is 8.16. The maximum atomic E-state index is 12.8. The lowest BCUT2D eigenvalue weighted by Crippen LogP contribution is -2.47. The van der Waals surface area contributed by atoms with Gasteiger partial charge in [0, 0.05) is 23.8 Å². The van der Waals surface area contributed by atoms with E-state index in [4.69, 9.17) is 11.6 Å². The van der Waals surface area contributed by atoms with Crippen LogP contribution in [0.25, 0.3) is 0 Å². The standard InChI is InChI=1S/C17H18ClN3O3/c1-17-7-3-8-20(17)16(24)21(15(17)23)13-6-9-19(14(13)22)12-5-2-4-11(18)10-12/h2,4-5,10,13H,3,6-9H2,1H3. The maximum Gasteiger partial charge on any atom is 0.328 e. The molecule has 3 aliphatic rings. The molecule has 24 heavy (non-hydrogen) atoms. The highest BCUT2D eigenvalue weighted by Crippen LogP contribution is 2.40. The number of carbonyl (C=O) groups is 3. The smallest absolute Gasteiger partial charge is 0.310 e. The molecule has 0 saturated carbocycles. The van der Waals surface area contributed by atoms with Gasteiger partial charge in [-0.05, 0) is 44.4 Å². The van der Waals surface area contributed by atoms with E-state index in [1.807, 2.05) is 0 Å². The van der Waals surface area contributed by atoms with Crippen LogP contribution in [0.1, 0.15) is 26.2 Å². The minimum absolute atomic E-state index is 0.219. The Morgan fingerprint density at radius 2 is 2.00 bits per heavy atom. The van der Waals surface area contributed by atoms with E-state index in [-0.39, 0.29) is 17.8 Å². The summed E-state index contributed by atoms with van der Waals surface area (Å²) in [6, 6.07) is 6.00. The van der Waals surface area contributed by atoms with Gasteiger partial charge >= 0.3 is 6.03 Å². The predicted molar refractivity (Wildman–Crippen MR) is 88.8 cm³/mol. The monoisotopic (exact) mass is 347 g/mol. The zero-order valence-electron chi connectivity index (χ0n) is 13.4. The fraction of sp³-hybridized carbons (Fsp3) is 0.471. The van der Waals surface area contributed by atoms with Crippen molar-refractivity contribution in [2.24, 2.45) is 0 Å². The first kappa shape index (κ1) is 15.4. The van der Waals surface area contributed by atoms with Gasteiger partial charge in [-0.15, -0.1) is 0 Å². The summed E-state index contributed by atoms with van der Waals surface area (Å²) in [4.78, 5) is 42.7.